The molecule has 0 heterocycles. The third-order valence-corrected chi connectivity index (χ3v) is 3.53. The number of halogens is 2. The molecule has 0 spiro atoms. The van der Waals surface area contributed by atoms with E-state index in [0.29, 0.717) is 12.8 Å². The maximum absolute atomic E-state index is 12.8. The smallest absolute Gasteiger partial charge is 0.123 e. The molecule has 2 aromatic carbocycles. The number of hydrogen-bond donors (Lipinski definition) is 1. The van der Waals surface area contributed by atoms with Gasteiger partial charge < -0.3 is 5.11 Å². The molecule has 1 atom stereocenters. The Hall–Kier alpha value is -1.19. The van der Waals surface area contributed by atoms with Gasteiger partial charge in [-0.1, -0.05) is 40.2 Å². The van der Waals surface area contributed by atoms with Gasteiger partial charge in [-0.05, 0) is 42.3 Å². The highest BCUT2D eigenvalue weighted by molar-refractivity contribution is 9.10. The molecular weight excluding hydrogens is 307 g/mol. The fourth-order valence-corrected chi connectivity index (χ4v) is 2.41. The summed E-state index contributed by atoms with van der Waals surface area (Å²) in [5.74, 6) is -0.253. The predicted octanol–water partition coefficient (Wildman–Crippen LogP) is 4.12. The van der Waals surface area contributed by atoms with Gasteiger partial charge in [0.1, 0.15) is 5.82 Å². The van der Waals surface area contributed by atoms with Gasteiger partial charge in [0.15, 0.2) is 0 Å². The minimum absolute atomic E-state index is 0.253. The van der Waals surface area contributed by atoms with E-state index >= 15 is 0 Å². The largest absolute Gasteiger partial charge is 0.389 e. The van der Waals surface area contributed by atoms with Gasteiger partial charge in [-0.15, -0.1) is 0 Å². The molecule has 0 bridgehead atoms. The lowest BCUT2D eigenvalue weighted by Crippen LogP contribution is -2.30. The SMILES string of the molecule is CC(O)(Cc1ccc(F)cc1)Cc1ccc(Br)cc1. The molecule has 1 unspecified atom stereocenters. The quantitative estimate of drug-likeness (QED) is 0.897. The molecule has 3 heteroatoms. The van der Waals surface area contributed by atoms with E-state index in [1.165, 1.54) is 12.1 Å². The second-order valence-corrected chi connectivity index (χ2v) is 6.02. The van der Waals surface area contributed by atoms with Crippen LogP contribution in [0, 0.1) is 5.82 Å². The van der Waals surface area contributed by atoms with E-state index in [9.17, 15) is 9.50 Å². The molecule has 0 aliphatic carbocycles. The molecule has 1 N–H and O–H groups in total. The molecule has 0 saturated carbocycles. The third-order valence-electron chi connectivity index (χ3n) is 3.00. The second kappa shape index (κ2) is 5.85. The minimum Gasteiger partial charge on any atom is -0.389 e. The van der Waals surface area contributed by atoms with Crippen LogP contribution in [0.3, 0.4) is 0 Å². The molecule has 0 amide bonds. The Morgan fingerprint density at radius 1 is 0.947 bits per heavy atom. The zero-order valence-corrected chi connectivity index (χ0v) is 12.3. The Bertz CT molecular complexity index is 482. The molecular formula is C16H16BrFO. The first-order valence-electron chi connectivity index (χ1n) is 6.16. The van der Waals surface area contributed by atoms with E-state index in [-0.39, 0.29) is 5.82 Å². The monoisotopic (exact) mass is 322 g/mol. The van der Waals surface area contributed by atoms with E-state index < -0.39 is 5.60 Å². The van der Waals surface area contributed by atoms with Crippen LogP contribution >= 0.6 is 15.9 Å². The number of rotatable bonds is 4. The lowest BCUT2D eigenvalue weighted by Gasteiger charge is -2.23. The summed E-state index contributed by atoms with van der Waals surface area (Å²) in [5.41, 5.74) is 1.17. The van der Waals surface area contributed by atoms with Crippen molar-refractivity contribution < 1.29 is 9.50 Å². The van der Waals surface area contributed by atoms with Crippen LogP contribution in [0.2, 0.25) is 0 Å². The van der Waals surface area contributed by atoms with Gasteiger partial charge in [-0.25, -0.2) is 4.39 Å². The Morgan fingerprint density at radius 3 is 1.84 bits per heavy atom. The average molecular weight is 323 g/mol. The van der Waals surface area contributed by atoms with E-state index in [2.05, 4.69) is 15.9 Å². The summed E-state index contributed by atoms with van der Waals surface area (Å²) in [6, 6.07) is 14.2. The van der Waals surface area contributed by atoms with Crippen LogP contribution in [-0.4, -0.2) is 10.7 Å². The second-order valence-electron chi connectivity index (χ2n) is 5.10. The Balaban J connectivity index is 2.05. The van der Waals surface area contributed by atoms with Crippen molar-refractivity contribution in [3.8, 4) is 0 Å². The van der Waals surface area contributed by atoms with Gasteiger partial charge in [-0.3, -0.25) is 0 Å². The molecule has 1 nitrogen and oxygen atoms in total. The fourth-order valence-electron chi connectivity index (χ4n) is 2.15. The summed E-state index contributed by atoms with van der Waals surface area (Å²) in [6.45, 7) is 1.80. The van der Waals surface area contributed by atoms with Gasteiger partial charge in [0.25, 0.3) is 0 Å². The molecule has 0 aliphatic heterocycles. The van der Waals surface area contributed by atoms with Gasteiger partial charge in [0.05, 0.1) is 5.60 Å². The lowest BCUT2D eigenvalue weighted by atomic mass is 9.90. The summed E-state index contributed by atoms with van der Waals surface area (Å²) >= 11 is 3.39. The van der Waals surface area contributed by atoms with Crippen LogP contribution in [0.4, 0.5) is 4.39 Å². The van der Waals surface area contributed by atoms with E-state index in [0.717, 1.165) is 15.6 Å². The zero-order chi connectivity index (χ0) is 13.9. The molecule has 2 aromatic rings. The van der Waals surface area contributed by atoms with Crippen molar-refractivity contribution in [3.05, 3.63) is 69.9 Å². The van der Waals surface area contributed by atoms with E-state index in [4.69, 9.17) is 0 Å². The van der Waals surface area contributed by atoms with Gasteiger partial charge in [0.2, 0.25) is 0 Å². The normalized spacial score (nSPS) is 14.1. The summed E-state index contributed by atoms with van der Waals surface area (Å²) in [6.07, 6.45) is 1.07. The van der Waals surface area contributed by atoms with E-state index in [1.807, 2.05) is 24.3 Å². The molecule has 100 valence electrons. The van der Waals surface area contributed by atoms with Crippen molar-refractivity contribution in [3.63, 3.8) is 0 Å². The Kier molecular flexibility index (Phi) is 4.38. The molecule has 19 heavy (non-hydrogen) atoms. The molecule has 0 aliphatic rings. The summed E-state index contributed by atoms with van der Waals surface area (Å²) in [5, 5.41) is 10.5. The maximum atomic E-state index is 12.8. The van der Waals surface area contributed by atoms with Crippen molar-refractivity contribution in [2.24, 2.45) is 0 Å². The summed E-state index contributed by atoms with van der Waals surface area (Å²) in [4.78, 5) is 0. The van der Waals surface area contributed by atoms with Crippen LogP contribution in [0.1, 0.15) is 18.1 Å². The maximum Gasteiger partial charge on any atom is 0.123 e. The first-order chi connectivity index (χ1) is 8.94. The van der Waals surface area contributed by atoms with Crippen LogP contribution in [0.5, 0.6) is 0 Å². The zero-order valence-electron chi connectivity index (χ0n) is 10.7. The van der Waals surface area contributed by atoms with Crippen LogP contribution < -0.4 is 0 Å². The number of hydrogen-bond acceptors (Lipinski definition) is 1. The molecule has 0 saturated heterocycles. The first-order valence-corrected chi connectivity index (χ1v) is 6.95. The Labute approximate surface area is 121 Å². The minimum atomic E-state index is -0.842. The number of aliphatic hydroxyl groups is 1. The van der Waals surface area contributed by atoms with Gasteiger partial charge >= 0.3 is 0 Å². The van der Waals surface area contributed by atoms with Crippen molar-refractivity contribution >= 4 is 15.9 Å². The molecule has 0 fully saturated rings. The highest BCUT2D eigenvalue weighted by Gasteiger charge is 2.21. The van der Waals surface area contributed by atoms with Crippen molar-refractivity contribution in [2.45, 2.75) is 25.4 Å². The highest BCUT2D eigenvalue weighted by Crippen LogP contribution is 2.20. The summed E-state index contributed by atoms with van der Waals surface area (Å²) < 4.78 is 13.9. The molecule has 2 rings (SSSR count). The van der Waals surface area contributed by atoms with Crippen LogP contribution in [0.25, 0.3) is 0 Å². The topological polar surface area (TPSA) is 20.2 Å². The van der Waals surface area contributed by atoms with Crippen LogP contribution in [0.15, 0.2) is 53.0 Å². The highest BCUT2D eigenvalue weighted by atomic mass is 79.9. The van der Waals surface area contributed by atoms with Gasteiger partial charge in [-0.2, -0.15) is 0 Å². The number of benzene rings is 2. The summed E-state index contributed by atoms with van der Waals surface area (Å²) in [7, 11) is 0. The average Bonchev–Trinajstić information content (AvgIpc) is 2.34. The fraction of sp³-hybridized carbons (Fsp3) is 0.250. The predicted molar refractivity (Wildman–Crippen MR) is 78.6 cm³/mol. The van der Waals surface area contributed by atoms with Crippen LogP contribution in [-0.2, 0) is 12.8 Å². The van der Waals surface area contributed by atoms with E-state index in [1.54, 1.807) is 19.1 Å². The molecule has 0 aromatic heterocycles. The van der Waals surface area contributed by atoms with Gasteiger partial charge in [0, 0.05) is 17.3 Å². The van der Waals surface area contributed by atoms with Crippen molar-refractivity contribution in [2.75, 3.05) is 0 Å². The third kappa shape index (κ3) is 4.44. The lowest BCUT2D eigenvalue weighted by molar-refractivity contribution is 0.0608. The first kappa shape index (κ1) is 14.2. The van der Waals surface area contributed by atoms with Crippen molar-refractivity contribution in [1.82, 2.24) is 0 Å². The molecule has 0 radical (unpaired) electrons. The standard InChI is InChI=1S/C16H16BrFO/c1-16(19,10-12-2-6-14(17)7-3-12)11-13-4-8-15(18)9-5-13/h2-9,19H,10-11H2,1H3. The Morgan fingerprint density at radius 2 is 1.37 bits per heavy atom. The van der Waals surface area contributed by atoms with Crippen molar-refractivity contribution in [1.29, 1.82) is 0 Å².